The summed E-state index contributed by atoms with van der Waals surface area (Å²) < 4.78 is 5.01. The molecule has 22 heavy (non-hydrogen) atoms. The van der Waals surface area contributed by atoms with Crippen molar-refractivity contribution in [3.05, 3.63) is 35.4 Å². The van der Waals surface area contributed by atoms with E-state index in [0.29, 0.717) is 13.2 Å². The number of hydrogen-bond acceptors (Lipinski definition) is 4. The molecule has 0 bridgehead atoms. The normalized spacial score (nSPS) is 11.9. The van der Waals surface area contributed by atoms with Gasteiger partial charge < -0.3 is 20.3 Å². The highest BCUT2D eigenvalue weighted by molar-refractivity contribution is 5.88. The van der Waals surface area contributed by atoms with Crippen LogP contribution < -0.4 is 5.73 Å². The molecule has 122 valence electrons. The van der Waals surface area contributed by atoms with E-state index in [2.05, 4.69) is 0 Å². The van der Waals surface area contributed by atoms with Gasteiger partial charge in [-0.25, -0.2) is 0 Å². The van der Waals surface area contributed by atoms with E-state index in [9.17, 15) is 9.59 Å². The number of hydrogen-bond donors (Lipinski definition) is 1. The monoisotopic (exact) mass is 307 g/mol. The Hall–Kier alpha value is -1.92. The third kappa shape index (κ3) is 5.13. The molecule has 0 saturated heterocycles. The van der Waals surface area contributed by atoms with Crippen molar-refractivity contribution in [2.75, 3.05) is 40.9 Å². The Bertz CT molecular complexity index is 500. The van der Waals surface area contributed by atoms with Crippen LogP contribution in [0.1, 0.15) is 17.2 Å². The van der Waals surface area contributed by atoms with Crippen LogP contribution >= 0.6 is 0 Å². The van der Waals surface area contributed by atoms with Crippen molar-refractivity contribution in [2.24, 2.45) is 5.73 Å². The number of nitrogens with two attached hydrogens (primary N) is 1. The van der Waals surface area contributed by atoms with Crippen molar-refractivity contribution >= 4 is 11.8 Å². The zero-order valence-electron chi connectivity index (χ0n) is 13.7. The lowest BCUT2D eigenvalue weighted by Crippen LogP contribution is -2.45. The Kier molecular flexibility index (Phi) is 7.01. The molecule has 2 N–H and O–H groups in total. The number of carbonyl (C=O) groups excluding carboxylic acids is 2. The lowest BCUT2D eigenvalue weighted by molar-refractivity contribution is -0.140. The predicted octanol–water partition coefficient (Wildman–Crippen LogP) is 0.558. The molecule has 0 spiro atoms. The molecule has 2 amide bonds. The van der Waals surface area contributed by atoms with Gasteiger partial charge in [-0.3, -0.25) is 9.59 Å². The molecule has 6 nitrogen and oxygen atoms in total. The van der Waals surface area contributed by atoms with Gasteiger partial charge in [0.05, 0.1) is 13.2 Å². The zero-order valence-corrected chi connectivity index (χ0v) is 13.7. The number of ether oxygens (including phenoxy) is 1. The van der Waals surface area contributed by atoms with Gasteiger partial charge in [0, 0.05) is 27.7 Å². The molecule has 6 heteroatoms. The van der Waals surface area contributed by atoms with Crippen molar-refractivity contribution in [1.82, 2.24) is 9.80 Å². The van der Waals surface area contributed by atoms with Crippen molar-refractivity contribution in [2.45, 2.75) is 13.0 Å². The molecule has 0 aliphatic rings. The van der Waals surface area contributed by atoms with Crippen LogP contribution in [0.15, 0.2) is 24.3 Å². The summed E-state index contributed by atoms with van der Waals surface area (Å²) in [6.45, 7) is 2.65. The van der Waals surface area contributed by atoms with Crippen LogP contribution in [0.4, 0.5) is 0 Å². The predicted molar refractivity (Wildman–Crippen MR) is 85.3 cm³/mol. The molecule has 0 aromatic heterocycles. The molecule has 1 aromatic carbocycles. The molecule has 0 aliphatic heterocycles. The Balaban J connectivity index is 2.85. The van der Waals surface area contributed by atoms with E-state index < -0.39 is 6.04 Å². The minimum Gasteiger partial charge on any atom is -0.383 e. The summed E-state index contributed by atoms with van der Waals surface area (Å²) in [6.07, 6.45) is 0. The largest absolute Gasteiger partial charge is 0.383 e. The lowest BCUT2D eigenvalue weighted by atomic mass is 10.0. The third-order valence-electron chi connectivity index (χ3n) is 3.40. The summed E-state index contributed by atoms with van der Waals surface area (Å²) in [6, 6.07) is 6.70. The highest BCUT2D eigenvalue weighted by atomic mass is 16.5. The fourth-order valence-electron chi connectivity index (χ4n) is 1.89. The van der Waals surface area contributed by atoms with Gasteiger partial charge >= 0.3 is 0 Å². The average molecular weight is 307 g/mol. The number of rotatable bonds is 7. The van der Waals surface area contributed by atoms with E-state index in [4.69, 9.17) is 10.5 Å². The van der Waals surface area contributed by atoms with Crippen LogP contribution in [0.3, 0.4) is 0 Å². The van der Waals surface area contributed by atoms with Gasteiger partial charge in [-0.2, -0.15) is 0 Å². The van der Waals surface area contributed by atoms with Gasteiger partial charge in [-0.15, -0.1) is 0 Å². The van der Waals surface area contributed by atoms with Crippen LogP contribution in [-0.4, -0.2) is 62.5 Å². The number of aryl methyl sites for hydroxylation is 1. The van der Waals surface area contributed by atoms with Gasteiger partial charge in [0.2, 0.25) is 11.8 Å². The molecule has 1 aromatic rings. The smallest absolute Gasteiger partial charge is 0.244 e. The summed E-state index contributed by atoms with van der Waals surface area (Å²) in [7, 11) is 4.86. The molecule has 0 heterocycles. The van der Waals surface area contributed by atoms with E-state index >= 15 is 0 Å². The van der Waals surface area contributed by atoms with E-state index in [0.717, 1.165) is 11.1 Å². The number of nitrogens with zero attached hydrogens (tertiary/aromatic N) is 2. The second-order valence-corrected chi connectivity index (χ2v) is 5.43. The second kappa shape index (κ2) is 8.51. The second-order valence-electron chi connectivity index (χ2n) is 5.43. The van der Waals surface area contributed by atoms with Crippen molar-refractivity contribution in [3.8, 4) is 0 Å². The maximum atomic E-state index is 12.6. The lowest BCUT2D eigenvalue weighted by Gasteiger charge is -2.26. The summed E-state index contributed by atoms with van der Waals surface area (Å²) in [4.78, 5) is 27.3. The highest BCUT2D eigenvalue weighted by Gasteiger charge is 2.24. The first kappa shape index (κ1) is 18.1. The van der Waals surface area contributed by atoms with Gasteiger partial charge in [-0.05, 0) is 12.5 Å². The number of likely N-dealkylation sites (N-methyl/N-ethyl adjacent to an activating group) is 1. The number of carbonyl (C=O) groups is 2. The van der Waals surface area contributed by atoms with Crippen molar-refractivity contribution < 1.29 is 14.3 Å². The minimum absolute atomic E-state index is 0.00520. The fraction of sp³-hybridized carbons (Fsp3) is 0.500. The Morgan fingerprint density at radius 1 is 1.23 bits per heavy atom. The molecular weight excluding hydrogens is 282 g/mol. The van der Waals surface area contributed by atoms with Crippen LogP contribution in [0.2, 0.25) is 0 Å². The molecule has 0 radical (unpaired) electrons. The number of amides is 2. The fourth-order valence-corrected chi connectivity index (χ4v) is 1.89. The first-order valence-corrected chi connectivity index (χ1v) is 7.16. The maximum Gasteiger partial charge on any atom is 0.244 e. The molecule has 1 unspecified atom stereocenters. The minimum atomic E-state index is -0.785. The maximum absolute atomic E-state index is 12.6. The van der Waals surface area contributed by atoms with Gasteiger partial charge in [-0.1, -0.05) is 29.8 Å². The van der Waals surface area contributed by atoms with Gasteiger partial charge in [0.15, 0.2) is 0 Å². The van der Waals surface area contributed by atoms with Crippen LogP contribution in [0, 0.1) is 6.92 Å². The molecule has 1 rings (SSSR count). The summed E-state index contributed by atoms with van der Waals surface area (Å²) in [5.41, 5.74) is 7.89. The average Bonchev–Trinajstić information content (AvgIpc) is 2.50. The van der Waals surface area contributed by atoms with Crippen LogP contribution in [-0.2, 0) is 14.3 Å². The summed E-state index contributed by atoms with van der Waals surface area (Å²) >= 11 is 0. The SMILES string of the molecule is COCCN(CC(=O)N(C)C)C(=O)C(N)c1ccc(C)cc1. The number of methoxy groups -OCH3 is 1. The van der Waals surface area contributed by atoms with Crippen LogP contribution in [0.25, 0.3) is 0 Å². The quantitative estimate of drug-likeness (QED) is 0.798. The Morgan fingerprint density at radius 3 is 2.32 bits per heavy atom. The van der Waals surface area contributed by atoms with Gasteiger partial charge in [0.25, 0.3) is 0 Å². The highest BCUT2D eigenvalue weighted by Crippen LogP contribution is 2.14. The van der Waals surface area contributed by atoms with E-state index in [1.165, 1.54) is 9.80 Å². The summed E-state index contributed by atoms with van der Waals surface area (Å²) in [5.74, 6) is -0.434. The Labute approximate surface area is 131 Å². The molecule has 0 saturated carbocycles. The van der Waals surface area contributed by atoms with Crippen molar-refractivity contribution in [3.63, 3.8) is 0 Å². The first-order valence-electron chi connectivity index (χ1n) is 7.16. The summed E-state index contributed by atoms with van der Waals surface area (Å²) in [5, 5.41) is 0. The molecular formula is C16H25N3O3. The molecule has 1 atom stereocenters. The topological polar surface area (TPSA) is 75.9 Å². The first-order chi connectivity index (χ1) is 10.4. The molecule has 0 fully saturated rings. The van der Waals surface area contributed by atoms with Crippen molar-refractivity contribution in [1.29, 1.82) is 0 Å². The zero-order chi connectivity index (χ0) is 16.7. The Morgan fingerprint density at radius 2 is 1.82 bits per heavy atom. The van der Waals surface area contributed by atoms with E-state index in [1.54, 1.807) is 21.2 Å². The standard InChI is InChI=1S/C16H25N3O3/c1-12-5-7-13(8-6-12)15(17)16(21)19(9-10-22-4)11-14(20)18(2)3/h5-8,15H,9-11,17H2,1-4H3. The van der Waals surface area contributed by atoms with Gasteiger partial charge in [0.1, 0.15) is 6.04 Å². The third-order valence-corrected chi connectivity index (χ3v) is 3.40. The number of benzene rings is 1. The van der Waals surface area contributed by atoms with E-state index in [-0.39, 0.29) is 18.4 Å². The van der Waals surface area contributed by atoms with Crippen LogP contribution in [0.5, 0.6) is 0 Å². The molecule has 0 aliphatic carbocycles. The van der Waals surface area contributed by atoms with E-state index in [1.807, 2.05) is 31.2 Å².